The van der Waals surface area contributed by atoms with E-state index in [0.29, 0.717) is 12.6 Å². The molecule has 2 saturated heterocycles. The molecule has 144 valence electrons. The lowest BCUT2D eigenvalue weighted by atomic mass is 10.1. The standard InChI is InChI=1S/C21H33N3O2/c25-21(22-12-3-2-10-20-11-7-15-26-20)23-19-9-6-8-18(16-19)17-24-13-4-1-5-14-24/h6,8-9,16,20H,1-5,7,10-15,17H2,(H2,22,23,25). The molecule has 0 aliphatic carbocycles. The Morgan fingerprint density at radius 3 is 2.85 bits per heavy atom. The number of anilines is 1. The molecule has 2 aliphatic rings. The summed E-state index contributed by atoms with van der Waals surface area (Å²) < 4.78 is 5.62. The number of carbonyl (C=O) groups is 1. The highest BCUT2D eigenvalue weighted by Crippen LogP contribution is 2.18. The van der Waals surface area contributed by atoms with Crippen LogP contribution in [0.5, 0.6) is 0 Å². The highest BCUT2D eigenvalue weighted by molar-refractivity contribution is 5.89. The van der Waals surface area contributed by atoms with E-state index in [2.05, 4.69) is 27.7 Å². The van der Waals surface area contributed by atoms with E-state index in [-0.39, 0.29) is 6.03 Å². The van der Waals surface area contributed by atoms with Gasteiger partial charge < -0.3 is 15.4 Å². The SMILES string of the molecule is O=C(NCCCCC1CCCO1)Nc1cccc(CN2CCCCC2)c1. The van der Waals surface area contributed by atoms with E-state index in [1.165, 1.54) is 50.8 Å². The molecule has 2 heterocycles. The molecular formula is C21H33N3O2. The zero-order valence-corrected chi connectivity index (χ0v) is 15.8. The number of ether oxygens (including phenoxy) is 1. The lowest BCUT2D eigenvalue weighted by Gasteiger charge is -2.26. The van der Waals surface area contributed by atoms with Gasteiger partial charge in [-0.05, 0) is 75.7 Å². The van der Waals surface area contributed by atoms with Crippen molar-refractivity contribution in [1.82, 2.24) is 10.2 Å². The first kappa shape index (κ1) is 19.2. The van der Waals surface area contributed by atoms with Crippen LogP contribution < -0.4 is 10.6 Å². The fraction of sp³-hybridized carbons (Fsp3) is 0.667. The largest absolute Gasteiger partial charge is 0.378 e. The molecule has 1 aromatic carbocycles. The van der Waals surface area contributed by atoms with Gasteiger partial charge in [0, 0.05) is 25.4 Å². The summed E-state index contributed by atoms with van der Waals surface area (Å²) in [6.45, 7) is 4.97. The number of unbranched alkanes of at least 4 members (excludes halogenated alkanes) is 1. The first-order valence-electron chi connectivity index (χ1n) is 10.3. The van der Waals surface area contributed by atoms with Crippen molar-refractivity contribution in [2.45, 2.75) is 64.0 Å². The third kappa shape index (κ3) is 6.61. The maximum absolute atomic E-state index is 12.1. The van der Waals surface area contributed by atoms with Crippen molar-refractivity contribution < 1.29 is 9.53 Å². The number of nitrogens with zero attached hydrogens (tertiary/aromatic N) is 1. The Balaban J connectivity index is 1.33. The molecule has 0 aromatic heterocycles. The minimum absolute atomic E-state index is 0.114. The predicted molar refractivity (Wildman–Crippen MR) is 105 cm³/mol. The van der Waals surface area contributed by atoms with E-state index < -0.39 is 0 Å². The van der Waals surface area contributed by atoms with Gasteiger partial charge in [-0.25, -0.2) is 4.79 Å². The van der Waals surface area contributed by atoms with Crippen LogP contribution in [0.4, 0.5) is 10.5 Å². The Bertz CT molecular complexity index is 552. The van der Waals surface area contributed by atoms with Crippen molar-refractivity contribution in [1.29, 1.82) is 0 Å². The Morgan fingerprint density at radius 1 is 1.15 bits per heavy atom. The predicted octanol–water partition coefficient (Wildman–Crippen LogP) is 4.14. The summed E-state index contributed by atoms with van der Waals surface area (Å²) in [5.41, 5.74) is 2.14. The summed E-state index contributed by atoms with van der Waals surface area (Å²) >= 11 is 0. The molecule has 2 N–H and O–H groups in total. The van der Waals surface area contributed by atoms with Crippen molar-refractivity contribution >= 4 is 11.7 Å². The van der Waals surface area contributed by atoms with Gasteiger partial charge in [0.25, 0.3) is 0 Å². The third-order valence-corrected chi connectivity index (χ3v) is 5.30. The fourth-order valence-corrected chi connectivity index (χ4v) is 3.87. The van der Waals surface area contributed by atoms with Crippen LogP contribution in [0, 0.1) is 0 Å². The van der Waals surface area contributed by atoms with Gasteiger partial charge in [-0.15, -0.1) is 0 Å². The molecule has 0 saturated carbocycles. The first-order chi connectivity index (χ1) is 12.8. The number of carbonyl (C=O) groups excluding carboxylic acids is 1. The van der Waals surface area contributed by atoms with Gasteiger partial charge >= 0.3 is 6.03 Å². The summed E-state index contributed by atoms with van der Waals surface area (Å²) in [5.74, 6) is 0. The van der Waals surface area contributed by atoms with Crippen LogP contribution in [0.15, 0.2) is 24.3 Å². The number of piperidine rings is 1. The molecule has 1 unspecified atom stereocenters. The van der Waals surface area contributed by atoms with Gasteiger partial charge in [0.1, 0.15) is 0 Å². The van der Waals surface area contributed by atoms with E-state index in [0.717, 1.165) is 38.1 Å². The van der Waals surface area contributed by atoms with Crippen molar-refractivity contribution in [3.8, 4) is 0 Å². The monoisotopic (exact) mass is 359 g/mol. The van der Waals surface area contributed by atoms with Gasteiger partial charge in [-0.2, -0.15) is 0 Å². The van der Waals surface area contributed by atoms with Crippen molar-refractivity contribution in [2.75, 3.05) is 31.6 Å². The lowest BCUT2D eigenvalue weighted by molar-refractivity contribution is 0.102. The average Bonchev–Trinajstić information content (AvgIpc) is 3.16. The Morgan fingerprint density at radius 2 is 2.04 bits per heavy atom. The van der Waals surface area contributed by atoms with Crippen LogP contribution in [-0.2, 0) is 11.3 Å². The number of nitrogens with one attached hydrogen (secondary N) is 2. The number of likely N-dealkylation sites (tertiary alicyclic amines) is 1. The smallest absolute Gasteiger partial charge is 0.319 e. The van der Waals surface area contributed by atoms with Crippen LogP contribution in [0.1, 0.15) is 56.9 Å². The summed E-state index contributed by atoms with van der Waals surface area (Å²) in [4.78, 5) is 14.6. The second kappa shape index (κ2) is 10.5. The molecule has 0 bridgehead atoms. The summed E-state index contributed by atoms with van der Waals surface area (Å²) in [5, 5.41) is 5.91. The van der Waals surface area contributed by atoms with Crippen LogP contribution in [0.3, 0.4) is 0 Å². The molecule has 26 heavy (non-hydrogen) atoms. The maximum atomic E-state index is 12.1. The molecule has 2 amide bonds. The molecule has 5 heteroatoms. The van der Waals surface area contributed by atoms with Crippen molar-refractivity contribution in [3.63, 3.8) is 0 Å². The molecule has 3 rings (SSSR count). The summed E-state index contributed by atoms with van der Waals surface area (Å²) in [6, 6.07) is 8.10. The van der Waals surface area contributed by atoms with Gasteiger partial charge in [-0.1, -0.05) is 18.6 Å². The zero-order chi connectivity index (χ0) is 18.0. The van der Waals surface area contributed by atoms with E-state index in [4.69, 9.17) is 4.74 Å². The van der Waals surface area contributed by atoms with Crippen LogP contribution >= 0.6 is 0 Å². The van der Waals surface area contributed by atoms with Crippen molar-refractivity contribution in [3.05, 3.63) is 29.8 Å². The fourth-order valence-electron chi connectivity index (χ4n) is 3.87. The Labute approximate surface area is 157 Å². The zero-order valence-electron chi connectivity index (χ0n) is 15.8. The van der Waals surface area contributed by atoms with Gasteiger partial charge in [0.2, 0.25) is 0 Å². The summed E-state index contributed by atoms with van der Waals surface area (Å²) in [7, 11) is 0. The number of rotatable bonds is 8. The highest BCUT2D eigenvalue weighted by atomic mass is 16.5. The lowest BCUT2D eigenvalue weighted by Crippen LogP contribution is -2.30. The van der Waals surface area contributed by atoms with Gasteiger partial charge in [0.15, 0.2) is 0 Å². The average molecular weight is 360 g/mol. The van der Waals surface area contributed by atoms with E-state index >= 15 is 0 Å². The third-order valence-electron chi connectivity index (χ3n) is 5.30. The molecule has 1 atom stereocenters. The quantitative estimate of drug-likeness (QED) is 0.686. The maximum Gasteiger partial charge on any atom is 0.319 e. The summed E-state index contributed by atoms with van der Waals surface area (Å²) in [6.07, 6.45) is 10.0. The number of hydrogen-bond donors (Lipinski definition) is 2. The molecule has 0 radical (unpaired) electrons. The second-order valence-corrected chi connectivity index (χ2v) is 7.55. The van der Waals surface area contributed by atoms with Gasteiger partial charge in [-0.3, -0.25) is 4.90 Å². The van der Waals surface area contributed by atoms with Gasteiger partial charge in [0.05, 0.1) is 6.10 Å². The minimum Gasteiger partial charge on any atom is -0.378 e. The minimum atomic E-state index is -0.114. The molecule has 0 spiro atoms. The van der Waals surface area contributed by atoms with Crippen LogP contribution in [0.2, 0.25) is 0 Å². The topological polar surface area (TPSA) is 53.6 Å². The van der Waals surface area contributed by atoms with E-state index in [1.807, 2.05) is 12.1 Å². The van der Waals surface area contributed by atoms with E-state index in [9.17, 15) is 4.79 Å². The second-order valence-electron chi connectivity index (χ2n) is 7.55. The molecular weight excluding hydrogens is 326 g/mol. The Kier molecular flexibility index (Phi) is 7.77. The first-order valence-corrected chi connectivity index (χ1v) is 10.3. The van der Waals surface area contributed by atoms with Crippen molar-refractivity contribution in [2.24, 2.45) is 0 Å². The normalized spacial score (nSPS) is 20.8. The number of hydrogen-bond acceptors (Lipinski definition) is 3. The number of urea groups is 1. The number of amides is 2. The van der Waals surface area contributed by atoms with E-state index in [1.54, 1.807) is 0 Å². The molecule has 5 nitrogen and oxygen atoms in total. The number of benzene rings is 1. The van der Waals surface area contributed by atoms with Crippen LogP contribution in [-0.4, -0.2) is 43.3 Å². The molecule has 2 fully saturated rings. The van der Waals surface area contributed by atoms with Crippen LogP contribution in [0.25, 0.3) is 0 Å². The molecule has 1 aromatic rings. The Hall–Kier alpha value is -1.59. The molecule has 2 aliphatic heterocycles. The highest BCUT2D eigenvalue weighted by Gasteiger charge is 2.14.